The van der Waals surface area contributed by atoms with Crippen LogP contribution in [0.1, 0.15) is 12.5 Å². The molecular weight excluding hydrogens is 394 g/mol. The van der Waals surface area contributed by atoms with Crippen molar-refractivity contribution in [3.8, 4) is 22.6 Å². The van der Waals surface area contributed by atoms with Crippen molar-refractivity contribution in [2.75, 3.05) is 12.1 Å². The minimum atomic E-state index is -0.960. The second-order valence-electron chi connectivity index (χ2n) is 6.93. The lowest BCUT2D eigenvalue weighted by Crippen LogP contribution is -2.29. The van der Waals surface area contributed by atoms with E-state index in [-0.39, 0.29) is 6.79 Å². The Kier molecular flexibility index (Phi) is 5.98. The van der Waals surface area contributed by atoms with E-state index in [1.807, 2.05) is 54.6 Å². The Hall–Kier alpha value is -4.06. The molecule has 6 heteroatoms. The molecule has 6 nitrogen and oxygen atoms in total. The zero-order valence-corrected chi connectivity index (χ0v) is 16.9. The number of nitrogens with one attached hydrogen (secondary N) is 1. The third-order valence-corrected chi connectivity index (χ3v) is 4.74. The summed E-state index contributed by atoms with van der Waals surface area (Å²) in [4.78, 5) is 24.8. The fourth-order valence-electron chi connectivity index (χ4n) is 3.14. The number of amides is 1. The van der Waals surface area contributed by atoms with Crippen LogP contribution in [0.15, 0.2) is 78.9 Å². The lowest BCUT2D eigenvalue weighted by molar-refractivity contribution is -0.148. The van der Waals surface area contributed by atoms with E-state index in [1.165, 1.54) is 13.0 Å². The highest BCUT2D eigenvalue weighted by Crippen LogP contribution is 2.32. The highest BCUT2D eigenvalue weighted by Gasteiger charge is 2.18. The van der Waals surface area contributed by atoms with E-state index in [0.717, 1.165) is 16.7 Å². The minimum Gasteiger partial charge on any atom is -0.454 e. The lowest BCUT2D eigenvalue weighted by Gasteiger charge is -2.15. The third-order valence-electron chi connectivity index (χ3n) is 4.74. The van der Waals surface area contributed by atoms with Gasteiger partial charge in [0.15, 0.2) is 17.6 Å². The standard InChI is InChI=1S/C25H21NO5/c1-17(31-24(27)14-12-18-11-13-22-23(15-18)30-16-29-22)25(28)26-21-10-6-5-9-20(21)19-7-3-2-4-8-19/h2-15,17H,16H2,1H3,(H,26,28)/b14-12+/t17-/m0/s1. The number of hydrogen-bond donors (Lipinski definition) is 1. The second-order valence-corrected chi connectivity index (χ2v) is 6.93. The SMILES string of the molecule is C[C@H](OC(=O)/C=C/c1ccc2c(c1)OCO2)C(=O)Nc1ccccc1-c1ccccc1. The molecule has 1 heterocycles. The lowest BCUT2D eigenvalue weighted by atomic mass is 10.0. The zero-order valence-electron chi connectivity index (χ0n) is 16.9. The number of esters is 1. The first-order chi connectivity index (χ1) is 15.1. The van der Waals surface area contributed by atoms with Crippen molar-refractivity contribution in [2.45, 2.75) is 13.0 Å². The fraction of sp³-hybridized carbons (Fsp3) is 0.120. The number of para-hydroxylation sites is 1. The normalized spacial score (nSPS) is 13.1. The van der Waals surface area contributed by atoms with E-state index < -0.39 is 18.0 Å². The number of benzene rings is 3. The highest BCUT2D eigenvalue weighted by molar-refractivity contribution is 5.99. The molecule has 4 rings (SSSR count). The molecule has 0 radical (unpaired) electrons. The summed E-state index contributed by atoms with van der Waals surface area (Å²) in [6.45, 7) is 1.72. The summed E-state index contributed by atoms with van der Waals surface area (Å²) in [5, 5.41) is 2.85. The molecule has 1 aliphatic heterocycles. The monoisotopic (exact) mass is 415 g/mol. The summed E-state index contributed by atoms with van der Waals surface area (Å²) < 4.78 is 15.8. The number of ether oxygens (including phenoxy) is 3. The molecule has 0 spiro atoms. The molecule has 0 aliphatic carbocycles. The summed E-state index contributed by atoms with van der Waals surface area (Å²) in [6.07, 6.45) is 1.91. The van der Waals surface area contributed by atoms with E-state index in [4.69, 9.17) is 14.2 Å². The number of hydrogen-bond acceptors (Lipinski definition) is 5. The molecule has 0 aromatic heterocycles. The van der Waals surface area contributed by atoms with Crippen LogP contribution < -0.4 is 14.8 Å². The van der Waals surface area contributed by atoms with Gasteiger partial charge in [-0.2, -0.15) is 0 Å². The zero-order chi connectivity index (χ0) is 21.6. The number of carbonyl (C=O) groups excluding carboxylic acids is 2. The van der Waals surface area contributed by atoms with Crippen molar-refractivity contribution in [2.24, 2.45) is 0 Å². The fourth-order valence-corrected chi connectivity index (χ4v) is 3.14. The maximum Gasteiger partial charge on any atom is 0.331 e. The van der Waals surface area contributed by atoms with Gasteiger partial charge < -0.3 is 19.5 Å². The second kappa shape index (κ2) is 9.17. The maximum absolute atomic E-state index is 12.6. The number of carbonyl (C=O) groups is 2. The summed E-state index contributed by atoms with van der Waals surface area (Å²) in [7, 11) is 0. The van der Waals surface area contributed by atoms with Gasteiger partial charge in [-0.15, -0.1) is 0 Å². The third kappa shape index (κ3) is 4.93. The van der Waals surface area contributed by atoms with Crippen LogP contribution in [-0.2, 0) is 14.3 Å². The molecule has 0 saturated heterocycles. The summed E-state index contributed by atoms with van der Waals surface area (Å²) in [5.74, 6) is 0.269. The molecule has 1 amide bonds. The van der Waals surface area contributed by atoms with E-state index in [2.05, 4.69) is 5.32 Å². The summed E-state index contributed by atoms with van der Waals surface area (Å²) in [6, 6.07) is 22.6. The molecule has 31 heavy (non-hydrogen) atoms. The summed E-state index contributed by atoms with van der Waals surface area (Å²) in [5.41, 5.74) is 3.28. The largest absolute Gasteiger partial charge is 0.454 e. The van der Waals surface area contributed by atoms with E-state index in [1.54, 1.807) is 24.3 Å². The van der Waals surface area contributed by atoms with E-state index in [0.29, 0.717) is 17.2 Å². The Morgan fingerprint density at radius 3 is 2.55 bits per heavy atom. The number of rotatable bonds is 6. The number of fused-ring (bicyclic) bond motifs is 1. The van der Waals surface area contributed by atoms with Gasteiger partial charge in [-0.3, -0.25) is 4.79 Å². The minimum absolute atomic E-state index is 0.185. The smallest absolute Gasteiger partial charge is 0.331 e. The van der Waals surface area contributed by atoms with Crippen molar-refractivity contribution >= 4 is 23.6 Å². The van der Waals surface area contributed by atoms with Gasteiger partial charge in [0, 0.05) is 17.3 Å². The van der Waals surface area contributed by atoms with Crippen molar-refractivity contribution in [1.82, 2.24) is 0 Å². The van der Waals surface area contributed by atoms with Gasteiger partial charge in [0.1, 0.15) is 0 Å². The first-order valence-corrected chi connectivity index (χ1v) is 9.84. The van der Waals surface area contributed by atoms with Crippen LogP contribution >= 0.6 is 0 Å². The quantitative estimate of drug-likeness (QED) is 0.468. The average molecular weight is 415 g/mol. The van der Waals surface area contributed by atoms with E-state index in [9.17, 15) is 9.59 Å². The predicted octanol–water partition coefficient (Wildman–Crippen LogP) is 4.67. The molecule has 3 aromatic rings. The predicted molar refractivity (Wildman–Crippen MR) is 118 cm³/mol. The molecule has 0 bridgehead atoms. The molecule has 0 fully saturated rings. The molecule has 3 aromatic carbocycles. The van der Waals surface area contributed by atoms with Gasteiger partial charge in [-0.1, -0.05) is 54.6 Å². The van der Waals surface area contributed by atoms with Crippen LogP contribution in [0.3, 0.4) is 0 Å². The molecule has 0 unspecified atom stereocenters. The molecule has 156 valence electrons. The van der Waals surface area contributed by atoms with Crippen LogP contribution in [0.25, 0.3) is 17.2 Å². The van der Waals surface area contributed by atoms with Gasteiger partial charge in [-0.25, -0.2) is 4.79 Å². The van der Waals surface area contributed by atoms with Gasteiger partial charge in [0.2, 0.25) is 6.79 Å². The molecule has 1 N–H and O–H groups in total. The van der Waals surface area contributed by atoms with Crippen LogP contribution in [0.2, 0.25) is 0 Å². The van der Waals surface area contributed by atoms with Crippen molar-refractivity contribution in [3.63, 3.8) is 0 Å². The molecule has 1 atom stereocenters. The van der Waals surface area contributed by atoms with Crippen molar-refractivity contribution < 1.29 is 23.8 Å². The Morgan fingerprint density at radius 2 is 1.71 bits per heavy atom. The molecule has 1 aliphatic rings. The Balaban J connectivity index is 1.37. The highest BCUT2D eigenvalue weighted by atomic mass is 16.7. The van der Waals surface area contributed by atoms with Crippen LogP contribution in [0.5, 0.6) is 11.5 Å². The van der Waals surface area contributed by atoms with Crippen LogP contribution in [0.4, 0.5) is 5.69 Å². The maximum atomic E-state index is 12.6. The van der Waals surface area contributed by atoms with Crippen LogP contribution in [-0.4, -0.2) is 24.8 Å². The van der Waals surface area contributed by atoms with Crippen molar-refractivity contribution in [1.29, 1.82) is 0 Å². The Morgan fingerprint density at radius 1 is 0.968 bits per heavy atom. The van der Waals surface area contributed by atoms with E-state index >= 15 is 0 Å². The Bertz CT molecular complexity index is 1120. The molecule has 0 saturated carbocycles. The van der Waals surface area contributed by atoms with Gasteiger partial charge >= 0.3 is 5.97 Å². The molecular formula is C25H21NO5. The first kappa shape index (κ1) is 20.2. The Labute approximate surface area is 180 Å². The first-order valence-electron chi connectivity index (χ1n) is 9.84. The van der Waals surface area contributed by atoms with Gasteiger partial charge in [0.05, 0.1) is 0 Å². The van der Waals surface area contributed by atoms with Crippen LogP contribution in [0, 0.1) is 0 Å². The van der Waals surface area contributed by atoms with Gasteiger partial charge in [0.25, 0.3) is 5.91 Å². The van der Waals surface area contributed by atoms with Crippen molar-refractivity contribution in [3.05, 3.63) is 84.4 Å². The average Bonchev–Trinajstić information content (AvgIpc) is 3.26. The topological polar surface area (TPSA) is 73.9 Å². The number of anilines is 1. The van der Waals surface area contributed by atoms with Gasteiger partial charge in [-0.05, 0) is 42.3 Å². The summed E-state index contributed by atoms with van der Waals surface area (Å²) >= 11 is 0.